The number of halogens is 1. The van der Waals surface area contributed by atoms with Crippen molar-refractivity contribution in [2.75, 3.05) is 0 Å². The lowest BCUT2D eigenvalue weighted by Gasteiger charge is -2.18. The molecule has 0 radical (unpaired) electrons. The van der Waals surface area contributed by atoms with Crippen molar-refractivity contribution < 1.29 is 0 Å². The van der Waals surface area contributed by atoms with Crippen LogP contribution in [0.15, 0.2) is 48.8 Å². The second-order valence-electron chi connectivity index (χ2n) is 5.11. The van der Waals surface area contributed by atoms with Crippen molar-refractivity contribution in [1.82, 2.24) is 4.98 Å². The minimum atomic E-state index is 0.496. The van der Waals surface area contributed by atoms with Crippen LogP contribution in [-0.2, 0) is 6.42 Å². The lowest BCUT2D eigenvalue weighted by atomic mass is 9.94. The Morgan fingerprint density at radius 3 is 2.58 bits per heavy atom. The van der Waals surface area contributed by atoms with E-state index in [-0.39, 0.29) is 0 Å². The summed E-state index contributed by atoms with van der Waals surface area (Å²) in [6, 6.07) is 13.0. The van der Waals surface area contributed by atoms with Gasteiger partial charge < -0.3 is 0 Å². The molecule has 2 rings (SSSR count). The van der Waals surface area contributed by atoms with Gasteiger partial charge in [0.15, 0.2) is 0 Å². The quantitative estimate of drug-likeness (QED) is 0.715. The number of aryl methyl sites for hydroxylation is 2. The van der Waals surface area contributed by atoms with Gasteiger partial charge >= 0.3 is 0 Å². The Morgan fingerprint density at radius 2 is 1.89 bits per heavy atom. The molecule has 0 N–H and O–H groups in total. The topological polar surface area (TPSA) is 12.9 Å². The van der Waals surface area contributed by atoms with Gasteiger partial charge in [-0.3, -0.25) is 4.98 Å². The highest BCUT2D eigenvalue weighted by Gasteiger charge is 2.15. The summed E-state index contributed by atoms with van der Waals surface area (Å²) in [5.74, 6) is 0.507. The molecule has 1 aromatic heterocycles. The van der Waals surface area contributed by atoms with E-state index in [2.05, 4.69) is 71.2 Å². The number of aromatic nitrogens is 1. The molecule has 1 heterocycles. The maximum atomic E-state index is 4.08. The Labute approximate surface area is 124 Å². The van der Waals surface area contributed by atoms with Gasteiger partial charge in [0.2, 0.25) is 0 Å². The second kappa shape index (κ2) is 6.85. The fraction of sp³-hybridized carbons (Fsp3) is 0.353. The normalized spacial score (nSPS) is 14.1. The molecule has 1 aromatic carbocycles. The summed E-state index contributed by atoms with van der Waals surface area (Å²) in [6.45, 7) is 4.42. The molecule has 0 aliphatic rings. The zero-order chi connectivity index (χ0) is 13.7. The summed E-state index contributed by atoms with van der Waals surface area (Å²) in [4.78, 5) is 4.57. The van der Waals surface area contributed by atoms with Crippen LogP contribution in [0.2, 0.25) is 0 Å². The molecule has 2 heteroatoms. The van der Waals surface area contributed by atoms with Crippen LogP contribution in [0, 0.1) is 6.92 Å². The number of pyridine rings is 1. The summed E-state index contributed by atoms with van der Waals surface area (Å²) in [7, 11) is 0. The molecule has 2 atom stereocenters. The first kappa shape index (κ1) is 14.3. The van der Waals surface area contributed by atoms with E-state index in [1.807, 2.05) is 12.4 Å². The van der Waals surface area contributed by atoms with E-state index < -0.39 is 0 Å². The van der Waals surface area contributed by atoms with Gasteiger partial charge in [0, 0.05) is 17.2 Å². The molecule has 100 valence electrons. The van der Waals surface area contributed by atoms with Crippen LogP contribution in [0.1, 0.15) is 36.0 Å². The highest BCUT2D eigenvalue weighted by Crippen LogP contribution is 2.27. The minimum Gasteiger partial charge on any atom is -0.265 e. The smallest absolute Gasteiger partial charge is 0.0270 e. The number of rotatable bonds is 5. The Balaban J connectivity index is 1.92. The van der Waals surface area contributed by atoms with E-state index in [1.54, 1.807) is 0 Å². The number of hydrogen-bond donors (Lipinski definition) is 0. The van der Waals surface area contributed by atoms with E-state index in [0.29, 0.717) is 10.7 Å². The average molecular weight is 318 g/mol. The number of benzene rings is 1. The van der Waals surface area contributed by atoms with Gasteiger partial charge in [-0.25, -0.2) is 0 Å². The predicted molar refractivity (Wildman–Crippen MR) is 84.9 cm³/mol. The zero-order valence-corrected chi connectivity index (χ0v) is 13.1. The van der Waals surface area contributed by atoms with E-state index >= 15 is 0 Å². The van der Waals surface area contributed by atoms with Crippen molar-refractivity contribution in [2.24, 2.45) is 0 Å². The van der Waals surface area contributed by atoms with Gasteiger partial charge in [-0.15, -0.1) is 0 Å². The highest BCUT2D eigenvalue weighted by molar-refractivity contribution is 9.09. The van der Waals surface area contributed by atoms with Crippen LogP contribution in [0.3, 0.4) is 0 Å². The van der Waals surface area contributed by atoms with Crippen molar-refractivity contribution in [3.8, 4) is 0 Å². The van der Waals surface area contributed by atoms with Crippen LogP contribution in [0.5, 0.6) is 0 Å². The molecule has 0 saturated carbocycles. The maximum absolute atomic E-state index is 4.08. The second-order valence-corrected chi connectivity index (χ2v) is 6.29. The SMILES string of the molecule is Cc1cccc(CCC(Br)C(C)c2ccncc2)c1. The molecule has 2 unspecified atom stereocenters. The Kier molecular flexibility index (Phi) is 5.15. The molecule has 2 aromatic rings. The third kappa shape index (κ3) is 4.17. The highest BCUT2D eigenvalue weighted by atomic mass is 79.9. The summed E-state index contributed by atoms with van der Waals surface area (Å²) in [6.07, 6.45) is 6.00. The summed E-state index contributed by atoms with van der Waals surface area (Å²) < 4.78 is 0. The van der Waals surface area contributed by atoms with Crippen molar-refractivity contribution in [3.63, 3.8) is 0 Å². The molecule has 1 nitrogen and oxygen atoms in total. The van der Waals surface area contributed by atoms with Crippen LogP contribution >= 0.6 is 15.9 Å². The number of nitrogens with zero attached hydrogens (tertiary/aromatic N) is 1. The molecule has 0 bridgehead atoms. The van der Waals surface area contributed by atoms with Gasteiger partial charge in [0.25, 0.3) is 0 Å². The largest absolute Gasteiger partial charge is 0.265 e. The third-order valence-corrected chi connectivity index (χ3v) is 4.82. The third-order valence-electron chi connectivity index (χ3n) is 3.57. The van der Waals surface area contributed by atoms with Gasteiger partial charge in [-0.05, 0) is 48.9 Å². The standard InChI is InChI=1S/C17H20BrN/c1-13-4-3-5-15(12-13)6-7-17(18)14(2)16-8-10-19-11-9-16/h3-5,8-12,14,17H,6-7H2,1-2H3. The molecule has 0 aliphatic carbocycles. The first-order valence-electron chi connectivity index (χ1n) is 6.76. The van der Waals surface area contributed by atoms with E-state index in [4.69, 9.17) is 0 Å². The summed E-state index contributed by atoms with van der Waals surface area (Å²) >= 11 is 3.84. The minimum absolute atomic E-state index is 0.496. The van der Waals surface area contributed by atoms with E-state index in [1.165, 1.54) is 16.7 Å². The molecule has 0 saturated heterocycles. The van der Waals surface area contributed by atoms with Crippen molar-refractivity contribution in [2.45, 2.75) is 37.4 Å². The molecule has 19 heavy (non-hydrogen) atoms. The number of hydrogen-bond acceptors (Lipinski definition) is 1. The van der Waals surface area contributed by atoms with Crippen LogP contribution in [0.25, 0.3) is 0 Å². The Bertz CT molecular complexity index is 510. The monoisotopic (exact) mass is 317 g/mol. The number of alkyl halides is 1. The van der Waals surface area contributed by atoms with Crippen molar-refractivity contribution >= 4 is 15.9 Å². The van der Waals surface area contributed by atoms with E-state index in [0.717, 1.165) is 12.8 Å². The molecular weight excluding hydrogens is 298 g/mol. The zero-order valence-electron chi connectivity index (χ0n) is 11.5. The maximum Gasteiger partial charge on any atom is 0.0270 e. The van der Waals surface area contributed by atoms with Crippen molar-refractivity contribution in [1.29, 1.82) is 0 Å². The van der Waals surface area contributed by atoms with E-state index in [9.17, 15) is 0 Å². The first-order valence-corrected chi connectivity index (χ1v) is 7.68. The molecule has 0 fully saturated rings. The molecule has 0 aliphatic heterocycles. The molecule has 0 spiro atoms. The lowest BCUT2D eigenvalue weighted by molar-refractivity contribution is 0.660. The van der Waals surface area contributed by atoms with Gasteiger partial charge in [0.05, 0.1) is 0 Å². The predicted octanol–water partition coefficient (Wildman–Crippen LogP) is 4.89. The summed E-state index contributed by atoms with van der Waals surface area (Å²) in [5.41, 5.74) is 4.11. The first-order chi connectivity index (χ1) is 9.16. The lowest BCUT2D eigenvalue weighted by Crippen LogP contribution is -2.10. The van der Waals surface area contributed by atoms with Crippen molar-refractivity contribution in [3.05, 3.63) is 65.5 Å². The van der Waals surface area contributed by atoms with Crippen LogP contribution in [-0.4, -0.2) is 9.81 Å². The Hall–Kier alpha value is -1.15. The van der Waals surface area contributed by atoms with Crippen LogP contribution < -0.4 is 0 Å². The summed E-state index contributed by atoms with van der Waals surface area (Å²) in [5, 5.41) is 0. The Morgan fingerprint density at radius 1 is 1.16 bits per heavy atom. The van der Waals surface area contributed by atoms with Gasteiger partial charge in [-0.1, -0.05) is 52.7 Å². The molecule has 0 amide bonds. The van der Waals surface area contributed by atoms with Crippen LogP contribution in [0.4, 0.5) is 0 Å². The average Bonchev–Trinajstić information content (AvgIpc) is 2.45. The fourth-order valence-electron chi connectivity index (χ4n) is 2.30. The van der Waals surface area contributed by atoms with Gasteiger partial charge in [0.1, 0.15) is 0 Å². The molecular formula is C17H20BrN. The van der Waals surface area contributed by atoms with Gasteiger partial charge in [-0.2, -0.15) is 0 Å². The fourth-order valence-corrected chi connectivity index (χ4v) is 2.83.